The Kier molecular flexibility index (Phi) is 4.21. The smallest absolute Gasteiger partial charge is 0.318 e. The van der Waals surface area contributed by atoms with Crippen molar-refractivity contribution in [2.75, 3.05) is 12.3 Å². The van der Waals surface area contributed by atoms with Crippen molar-refractivity contribution < 1.29 is 9.90 Å². The molecule has 6 heteroatoms. The van der Waals surface area contributed by atoms with Crippen LogP contribution in [0.1, 0.15) is 10.6 Å². The fourth-order valence-corrected chi connectivity index (χ4v) is 2.88. The molecule has 0 aliphatic carbocycles. The summed E-state index contributed by atoms with van der Waals surface area (Å²) in [7, 11) is 0. The molecule has 0 fully saturated rings. The number of hydrogen-bond donors (Lipinski definition) is 1. The first-order chi connectivity index (χ1) is 6.59. The number of carbonyl (C=O) groups is 1. The molecule has 1 N–H and O–H groups in total. The average Bonchev–Trinajstić information content (AvgIpc) is 2.40. The van der Waals surface area contributed by atoms with Gasteiger partial charge >= 0.3 is 6.09 Å². The lowest BCUT2D eigenvalue weighted by atomic mass is 10.4. The zero-order valence-electron chi connectivity index (χ0n) is 7.99. The second-order valence-corrected chi connectivity index (χ2v) is 5.23. The van der Waals surface area contributed by atoms with Gasteiger partial charge in [-0.1, -0.05) is 11.8 Å². The van der Waals surface area contributed by atoms with Crippen molar-refractivity contribution in [3.05, 3.63) is 10.6 Å². The molecule has 0 aromatic carbocycles. The van der Waals surface area contributed by atoms with Gasteiger partial charge in [-0.25, -0.2) is 14.9 Å². The highest BCUT2D eigenvalue weighted by atomic mass is 32.2. The van der Waals surface area contributed by atoms with Gasteiger partial charge in [-0.3, -0.25) is 0 Å². The second kappa shape index (κ2) is 5.21. The van der Waals surface area contributed by atoms with E-state index < -0.39 is 6.09 Å². The Hall–Kier alpha value is -0.750. The number of nitrogens with one attached hydrogen (secondary N) is 1. The largest absolute Gasteiger partial charge is 0.450 e. The van der Waals surface area contributed by atoms with Gasteiger partial charge in [0.2, 0.25) is 0 Å². The van der Waals surface area contributed by atoms with Crippen LogP contribution >= 0.6 is 23.1 Å². The number of hydrogen-bond acceptors (Lipinski definition) is 4. The van der Waals surface area contributed by atoms with Crippen LogP contribution in [0.5, 0.6) is 0 Å². The Morgan fingerprint density at radius 1 is 1.57 bits per heavy atom. The number of thiazole rings is 1. The van der Waals surface area contributed by atoms with E-state index in [1.165, 1.54) is 4.88 Å². The zero-order chi connectivity index (χ0) is 10.6. The van der Waals surface area contributed by atoms with Crippen LogP contribution in [-0.2, 0) is 5.11 Å². The third kappa shape index (κ3) is 3.55. The average molecular weight is 231 g/mol. The molecule has 0 saturated carbocycles. The molecule has 1 rings (SSSR count). The number of amides is 1. The fraction of sp³-hybridized carbons (Fsp3) is 0.500. The maximum absolute atomic E-state index is 10.0. The lowest BCUT2D eigenvalue weighted by molar-refractivity contribution is 0.169. The minimum absolute atomic E-state index is 0.394. The first-order valence-electron chi connectivity index (χ1n) is 4.11. The van der Waals surface area contributed by atoms with Crippen molar-refractivity contribution in [2.45, 2.75) is 18.2 Å². The van der Waals surface area contributed by atoms with Crippen molar-refractivity contribution in [2.24, 2.45) is 0 Å². The van der Waals surface area contributed by atoms with E-state index >= 15 is 0 Å². The first-order valence-corrected chi connectivity index (χ1v) is 5.91. The van der Waals surface area contributed by atoms with Crippen molar-refractivity contribution in [1.82, 2.24) is 10.3 Å². The van der Waals surface area contributed by atoms with Gasteiger partial charge < -0.3 is 5.32 Å². The van der Waals surface area contributed by atoms with Gasteiger partial charge in [0.25, 0.3) is 0 Å². The molecular formula is C8H11N2O2S2. The van der Waals surface area contributed by atoms with Crippen LogP contribution in [0, 0.1) is 13.8 Å². The fourth-order valence-electron chi connectivity index (χ4n) is 0.796. The molecule has 14 heavy (non-hydrogen) atoms. The zero-order valence-corrected chi connectivity index (χ0v) is 9.63. The molecule has 1 amide bonds. The highest BCUT2D eigenvalue weighted by Crippen LogP contribution is 2.25. The van der Waals surface area contributed by atoms with Crippen LogP contribution < -0.4 is 5.32 Å². The molecule has 0 atom stereocenters. The molecule has 1 aromatic heterocycles. The number of aryl methyl sites for hydroxylation is 2. The van der Waals surface area contributed by atoms with Crippen molar-refractivity contribution in [3.63, 3.8) is 0 Å². The van der Waals surface area contributed by atoms with Gasteiger partial charge in [-0.2, -0.15) is 0 Å². The van der Waals surface area contributed by atoms with Crippen LogP contribution in [0.4, 0.5) is 4.79 Å². The number of thioether (sulfide) groups is 1. The van der Waals surface area contributed by atoms with Crippen molar-refractivity contribution >= 4 is 29.2 Å². The Bertz CT molecular complexity index is 306. The van der Waals surface area contributed by atoms with Gasteiger partial charge in [0.15, 0.2) is 0 Å². The molecule has 0 aliphatic heterocycles. The summed E-state index contributed by atoms with van der Waals surface area (Å²) in [5.74, 6) is 0.681. The quantitative estimate of drug-likeness (QED) is 0.636. The molecule has 77 valence electrons. The molecule has 1 radical (unpaired) electrons. The Labute approximate surface area is 90.7 Å². The normalized spacial score (nSPS) is 10.1. The Balaban J connectivity index is 2.28. The van der Waals surface area contributed by atoms with Crippen LogP contribution in [0.25, 0.3) is 0 Å². The third-order valence-electron chi connectivity index (χ3n) is 1.61. The molecule has 0 bridgehead atoms. The minimum atomic E-state index is -1.22. The topological polar surface area (TPSA) is 61.9 Å². The SMILES string of the molecule is Cc1nc(SCCNC([O])=O)sc1C. The highest BCUT2D eigenvalue weighted by molar-refractivity contribution is 8.01. The van der Waals surface area contributed by atoms with E-state index in [0.29, 0.717) is 12.3 Å². The molecular weight excluding hydrogens is 220 g/mol. The summed E-state index contributed by atoms with van der Waals surface area (Å²) in [6.45, 7) is 4.39. The van der Waals surface area contributed by atoms with E-state index in [0.717, 1.165) is 10.0 Å². The summed E-state index contributed by atoms with van der Waals surface area (Å²) in [5.41, 5.74) is 1.05. The van der Waals surface area contributed by atoms with Crippen molar-refractivity contribution in [1.29, 1.82) is 0 Å². The molecule has 1 heterocycles. The number of aromatic nitrogens is 1. The molecule has 0 aliphatic rings. The minimum Gasteiger partial charge on any atom is -0.318 e. The van der Waals surface area contributed by atoms with E-state index in [9.17, 15) is 9.90 Å². The Morgan fingerprint density at radius 2 is 2.29 bits per heavy atom. The first kappa shape index (κ1) is 11.3. The molecule has 4 nitrogen and oxygen atoms in total. The van der Waals surface area contributed by atoms with E-state index in [1.54, 1.807) is 23.1 Å². The summed E-state index contributed by atoms with van der Waals surface area (Å²) < 4.78 is 0.986. The van der Waals surface area contributed by atoms with Crippen molar-refractivity contribution in [3.8, 4) is 0 Å². The third-order valence-corrected chi connectivity index (χ3v) is 3.82. The summed E-state index contributed by atoms with van der Waals surface area (Å²) >= 11 is 3.19. The monoisotopic (exact) mass is 231 g/mol. The lowest BCUT2D eigenvalue weighted by Crippen LogP contribution is -2.22. The molecule has 0 saturated heterocycles. The van der Waals surface area contributed by atoms with E-state index in [-0.39, 0.29) is 0 Å². The number of rotatable bonds is 4. The Morgan fingerprint density at radius 3 is 2.79 bits per heavy atom. The predicted molar refractivity (Wildman–Crippen MR) is 56.4 cm³/mol. The standard InChI is InChI=1S/C8H11N2O2S2/c1-5-6(2)14-8(10-5)13-4-3-9-7(11)12/h9H,3-4H2,1-2H3. The lowest BCUT2D eigenvalue weighted by Gasteiger charge is -1.96. The van der Waals surface area contributed by atoms with Gasteiger partial charge in [0.1, 0.15) is 4.34 Å². The van der Waals surface area contributed by atoms with E-state index in [2.05, 4.69) is 10.3 Å². The predicted octanol–water partition coefficient (Wildman–Crippen LogP) is 1.99. The maximum Gasteiger partial charge on any atom is 0.450 e. The molecule has 1 aromatic rings. The van der Waals surface area contributed by atoms with Crippen LogP contribution in [0.15, 0.2) is 4.34 Å². The maximum atomic E-state index is 10.0. The van der Waals surface area contributed by atoms with Crippen LogP contribution in [-0.4, -0.2) is 23.4 Å². The highest BCUT2D eigenvalue weighted by Gasteiger charge is 2.04. The van der Waals surface area contributed by atoms with Gasteiger partial charge in [-0.05, 0) is 13.8 Å². The summed E-state index contributed by atoms with van der Waals surface area (Å²) in [6, 6.07) is 0. The van der Waals surface area contributed by atoms with Crippen LogP contribution in [0.2, 0.25) is 0 Å². The van der Waals surface area contributed by atoms with Crippen LogP contribution in [0.3, 0.4) is 0 Å². The summed E-state index contributed by atoms with van der Waals surface area (Å²) in [5, 5.41) is 12.2. The molecule has 0 unspecified atom stereocenters. The summed E-state index contributed by atoms with van der Waals surface area (Å²) in [4.78, 5) is 15.6. The van der Waals surface area contributed by atoms with Gasteiger partial charge in [-0.15, -0.1) is 11.3 Å². The number of nitrogens with zero attached hydrogens (tertiary/aromatic N) is 1. The second-order valence-electron chi connectivity index (χ2n) is 2.68. The van der Waals surface area contributed by atoms with E-state index in [4.69, 9.17) is 0 Å². The van der Waals surface area contributed by atoms with E-state index in [1.807, 2.05) is 13.8 Å². The van der Waals surface area contributed by atoms with Gasteiger partial charge in [0, 0.05) is 17.2 Å². The molecule has 0 spiro atoms. The number of carbonyl (C=O) groups excluding carboxylic acids is 1. The summed E-state index contributed by atoms with van der Waals surface area (Å²) in [6.07, 6.45) is -1.22. The van der Waals surface area contributed by atoms with Gasteiger partial charge in [0.05, 0.1) is 5.69 Å².